The summed E-state index contributed by atoms with van der Waals surface area (Å²) in [5.41, 5.74) is 7.06. The molecule has 0 saturated carbocycles. The maximum absolute atomic E-state index is 13.6. The van der Waals surface area contributed by atoms with Crippen molar-refractivity contribution in [3.05, 3.63) is 35.1 Å². The first kappa shape index (κ1) is 22.4. The molecule has 0 saturated heterocycles. The third-order valence-corrected chi connectivity index (χ3v) is 2.59. The second kappa shape index (κ2) is 10.8. The lowest BCUT2D eigenvalue weighted by Crippen LogP contribution is -2.29. The van der Waals surface area contributed by atoms with Gasteiger partial charge < -0.3 is 16.0 Å². The van der Waals surface area contributed by atoms with Crippen LogP contribution in [0, 0.1) is 5.82 Å². The van der Waals surface area contributed by atoms with Crippen molar-refractivity contribution < 1.29 is 9.18 Å². The molecule has 21 heavy (non-hydrogen) atoms. The van der Waals surface area contributed by atoms with Crippen LogP contribution in [0.1, 0.15) is 24.5 Å². The van der Waals surface area contributed by atoms with Gasteiger partial charge in [0.2, 0.25) is 5.91 Å². The van der Waals surface area contributed by atoms with E-state index in [0.29, 0.717) is 25.1 Å². The summed E-state index contributed by atoms with van der Waals surface area (Å²) in [6.45, 7) is 2.71. The molecule has 1 atom stereocenters. The molecule has 0 aromatic heterocycles. The van der Waals surface area contributed by atoms with Crippen molar-refractivity contribution in [1.82, 2.24) is 10.2 Å². The van der Waals surface area contributed by atoms with Gasteiger partial charge in [-0.05, 0) is 38.7 Å². The number of nitrogens with one attached hydrogen (secondary N) is 1. The molecule has 1 aromatic rings. The molecule has 0 bridgehead atoms. The van der Waals surface area contributed by atoms with Crippen LogP contribution in [0.4, 0.5) is 4.39 Å². The molecule has 0 spiro atoms. The third-order valence-electron chi connectivity index (χ3n) is 2.59. The molecule has 1 unspecified atom stereocenters. The summed E-state index contributed by atoms with van der Waals surface area (Å²) >= 11 is 0. The Morgan fingerprint density at radius 3 is 2.52 bits per heavy atom. The maximum Gasteiger partial charge on any atom is 0.221 e. The van der Waals surface area contributed by atoms with Gasteiger partial charge in [0.15, 0.2) is 0 Å². The number of carbonyl (C=O) groups excluding carboxylic acids is 1. The zero-order chi connectivity index (χ0) is 14.4. The van der Waals surface area contributed by atoms with Crippen molar-refractivity contribution in [2.45, 2.75) is 32.5 Å². The number of hydrogen-bond donors (Lipinski definition) is 2. The van der Waals surface area contributed by atoms with Crippen LogP contribution >= 0.6 is 24.8 Å². The molecule has 1 rings (SSSR count). The molecule has 1 amide bonds. The Morgan fingerprint density at radius 1 is 1.38 bits per heavy atom. The van der Waals surface area contributed by atoms with Crippen molar-refractivity contribution in [3.8, 4) is 0 Å². The van der Waals surface area contributed by atoms with Gasteiger partial charge in [-0.25, -0.2) is 4.39 Å². The van der Waals surface area contributed by atoms with Gasteiger partial charge >= 0.3 is 0 Å². The van der Waals surface area contributed by atoms with Crippen LogP contribution in [0.2, 0.25) is 0 Å². The number of nitrogens with two attached hydrogens (primary N) is 1. The highest BCUT2D eigenvalue weighted by Gasteiger charge is 2.07. The van der Waals surface area contributed by atoms with Crippen LogP contribution in [0.5, 0.6) is 0 Å². The number of benzene rings is 1. The maximum atomic E-state index is 13.6. The minimum absolute atomic E-state index is 0. The second-order valence-electron chi connectivity index (χ2n) is 5.12. The van der Waals surface area contributed by atoms with E-state index in [1.165, 1.54) is 6.07 Å². The molecule has 0 fully saturated rings. The van der Waals surface area contributed by atoms with Gasteiger partial charge in [0.1, 0.15) is 5.82 Å². The molecule has 3 N–H and O–H groups in total. The van der Waals surface area contributed by atoms with Crippen molar-refractivity contribution in [2.75, 3.05) is 14.1 Å². The van der Waals surface area contributed by atoms with E-state index in [0.717, 1.165) is 5.56 Å². The van der Waals surface area contributed by atoms with Gasteiger partial charge in [0, 0.05) is 31.1 Å². The van der Waals surface area contributed by atoms with E-state index in [1.807, 2.05) is 19.0 Å². The predicted molar refractivity (Wildman–Crippen MR) is 88.4 cm³/mol. The van der Waals surface area contributed by atoms with Gasteiger partial charge in [0.05, 0.1) is 0 Å². The molecular weight excluding hydrogens is 316 g/mol. The lowest BCUT2D eigenvalue weighted by molar-refractivity contribution is -0.121. The van der Waals surface area contributed by atoms with Crippen LogP contribution in [0.15, 0.2) is 18.2 Å². The van der Waals surface area contributed by atoms with E-state index in [4.69, 9.17) is 5.73 Å². The van der Waals surface area contributed by atoms with E-state index < -0.39 is 0 Å². The molecule has 0 aliphatic carbocycles. The largest absolute Gasteiger partial charge is 0.352 e. The number of hydrogen-bond acceptors (Lipinski definition) is 3. The van der Waals surface area contributed by atoms with Crippen molar-refractivity contribution in [1.29, 1.82) is 0 Å². The summed E-state index contributed by atoms with van der Waals surface area (Å²) in [5, 5.41) is 2.78. The number of carbonyl (C=O) groups is 1. The van der Waals surface area contributed by atoms with Crippen LogP contribution < -0.4 is 11.1 Å². The lowest BCUT2D eigenvalue weighted by Gasteiger charge is -2.12. The van der Waals surface area contributed by atoms with E-state index in [9.17, 15) is 9.18 Å². The highest BCUT2D eigenvalue weighted by atomic mass is 35.5. The Morgan fingerprint density at radius 2 is 2.00 bits per heavy atom. The SMILES string of the molecule is CC(N)CC(=O)NCc1ccc(F)c(CN(C)C)c1.Cl.Cl. The van der Waals surface area contributed by atoms with E-state index in [1.54, 1.807) is 19.1 Å². The molecule has 122 valence electrons. The van der Waals surface area contributed by atoms with E-state index in [2.05, 4.69) is 5.32 Å². The average Bonchev–Trinajstić information content (AvgIpc) is 2.28. The molecule has 0 radical (unpaired) electrons. The highest BCUT2D eigenvalue weighted by Crippen LogP contribution is 2.12. The molecule has 0 heterocycles. The van der Waals surface area contributed by atoms with E-state index >= 15 is 0 Å². The topological polar surface area (TPSA) is 58.4 Å². The minimum atomic E-state index is -0.223. The molecule has 0 aliphatic heterocycles. The van der Waals surface area contributed by atoms with Gasteiger partial charge in [-0.3, -0.25) is 4.79 Å². The predicted octanol–water partition coefficient (Wildman–Crippen LogP) is 2.08. The molecular formula is C14H24Cl2FN3O. The summed E-state index contributed by atoms with van der Waals surface area (Å²) in [6, 6.07) is 4.74. The third kappa shape index (κ3) is 8.88. The van der Waals surface area contributed by atoms with Gasteiger partial charge in [-0.2, -0.15) is 0 Å². The second-order valence-corrected chi connectivity index (χ2v) is 5.12. The number of amides is 1. The fourth-order valence-electron chi connectivity index (χ4n) is 1.77. The van der Waals surface area contributed by atoms with Gasteiger partial charge in [0.25, 0.3) is 0 Å². The number of halogens is 3. The first-order valence-corrected chi connectivity index (χ1v) is 6.32. The summed E-state index contributed by atoms with van der Waals surface area (Å²) in [4.78, 5) is 13.4. The average molecular weight is 340 g/mol. The fourth-order valence-corrected chi connectivity index (χ4v) is 1.77. The Labute approximate surface area is 138 Å². The van der Waals surface area contributed by atoms with Crippen molar-refractivity contribution in [3.63, 3.8) is 0 Å². The van der Waals surface area contributed by atoms with Crippen molar-refractivity contribution in [2.24, 2.45) is 5.73 Å². The quantitative estimate of drug-likeness (QED) is 0.834. The Balaban J connectivity index is 0. The van der Waals surface area contributed by atoms with Gasteiger partial charge in [-0.15, -0.1) is 24.8 Å². The highest BCUT2D eigenvalue weighted by molar-refractivity contribution is 5.85. The van der Waals surface area contributed by atoms with Crippen LogP contribution in [-0.4, -0.2) is 30.9 Å². The zero-order valence-corrected chi connectivity index (χ0v) is 14.2. The standard InChI is InChI=1S/C14H22FN3O.2ClH/c1-10(16)6-14(19)17-8-11-4-5-13(15)12(7-11)9-18(2)3;;/h4-5,7,10H,6,8-9,16H2,1-3H3,(H,17,19);2*1H. The van der Waals surface area contributed by atoms with Crippen LogP contribution in [0.3, 0.4) is 0 Å². The van der Waals surface area contributed by atoms with Crippen molar-refractivity contribution >= 4 is 30.7 Å². The zero-order valence-electron chi connectivity index (χ0n) is 12.6. The molecule has 0 aliphatic rings. The Hall–Kier alpha value is -0.880. The summed E-state index contributed by atoms with van der Waals surface area (Å²) < 4.78 is 13.6. The van der Waals surface area contributed by atoms with Gasteiger partial charge in [-0.1, -0.05) is 6.07 Å². The molecule has 7 heteroatoms. The first-order valence-electron chi connectivity index (χ1n) is 6.32. The molecule has 4 nitrogen and oxygen atoms in total. The fraction of sp³-hybridized carbons (Fsp3) is 0.500. The summed E-state index contributed by atoms with van der Waals surface area (Å²) in [5.74, 6) is -0.312. The smallest absolute Gasteiger partial charge is 0.221 e. The van der Waals surface area contributed by atoms with Crippen LogP contribution in [-0.2, 0) is 17.9 Å². The van der Waals surface area contributed by atoms with E-state index in [-0.39, 0.29) is 42.6 Å². The number of nitrogens with zero attached hydrogens (tertiary/aromatic N) is 1. The Bertz CT molecular complexity index is 442. The number of rotatable bonds is 6. The molecule has 1 aromatic carbocycles. The Kier molecular flexibility index (Phi) is 11.5. The summed E-state index contributed by atoms with van der Waals surface area (Å²) in [6.07, 6.45) is 0.297. The normalized spacial score (nSPS) is 11.3. The summed E-state index contributed by atoms with van der Waals surface area (Å²) in [7, 11) is 3.77. The lowest BCUT2D eigenvalue weighted by atomic mass is 10.1. The first-order chi connectivity index (χ1) is 8.88. The van der Waals surface area contributed by atoms with Crippen LogP contribution in [0.25, 0.3) is 0 Å². The minimum Gasteiger partial charge on any atom is -0.352 e. The monoisotopic (exact) mass is 339 g/mol.